The Morgan fingerprint density at radius 3 is 2.55 bits per heavy atom. The van der Waals surface area contributed by atoms with Crippen LogP contribution < -0.4 is 5.32 Å². The van der Waals surface area contributed by atoms with E-state index in [-0.39, 0.29) is 17.4 Å². The van der Waals surface area contributed by atoms with Crippen molar-refractivity contribution in [1.82, 2.24) is 10.2 Å². The van der Waals surface area contributed by atoms with E-state index in [0.29, 0.717) is 5.69 Å². The molecule has 0 spiro atoms. The lowest BCUT2D eigenvalue weighted by molar-refractivity contribution is 0.102. The Hall–Kier alpha value is -2.82. The van der Waals surface area contributed by atoms with Gasteiger partial charge in [-0.15, -0.1) is 10.2 Å². The van der Waals surface area contributed by atoms with Crippen LogP contribution in [0.3, 0.4) is 0 Å². The zero-order valence-corrected chi connectivity index (χ0v) is 10.4. The van der Waals surface area contributed by atoms with Crippen molar-refractivity contribution in [1.29, 1.82) is 0 Å². The molecule has 20 heavy (non-hydrogen) atoms. The smallest absolute Gasteiger partial charge is 0.276 e. The van der Waals surface area contributed by atoms with Crippen LogP contribution in [0.2, 0.25) is 0 Å². The summed E-state index contributed by atoms with van der Waals surface area (Å²) in [6.45, 7) is 0. The van der Waals surface area contributed by atoms with Gasteiger partial charge in [0, 0.05) is 11.1 Å². The van der Waals surface area contributed by atoms with Crippen LogP contribution in [-0.4, -0.2) is 16.1 Å². The maximum absolute atomic E-state index is 12.8. The monoisotopic (exact) mass is 267 g/mol. The van der Waals surface area contributed by atoms with Crippen molar-refractivity contribution in [3.8, 4) is 0 Å². The second kappa shape index (κ2) is 5.05. The van der Waals surface area contributed by atoms with Crippen LogP contribution in [0, 0.1) is 5.82 Å². The fourth-order valence-electron chi connectivity index (χ4n) is 1.82. The SMILES string of the molecule is O=C(Nc1ccc(F)cc1)c1cc2ccccc2nn1. The van der Waals surface area contributed by atoms with Crippen molar-refractivity contribution in [2.75, 3.05) is 5.32 Å². The van der Waals surface area contributed by atoms with E-state index in [0.717, 1.165) is 10.9 Å². The number of hydrogen-bond acceptors (Lipinski definition) is 3. The van der Waals surface area contributed by atoms with Gasteiger partial charge >= 0.3 is 0 Å². The van der Waals surface area contributed by atoms with E-state index < -0.39 is 0 Å². The lowest BCUT2D eigenvalue weighted by Crippen LogP contribution is -2.14. The summed E-state index contributed by atoms with van der Waals surface area (Å²) >= 11 is 0. The Balaban J connectivity index is 1.86. The summed E-state index contributed by atoms with van der Waals surface area (Å²) in [6, 6.07) is 14.6. The van der Waals surface area contributed by atoms with E-state index in [2.05, 4.69) is 15.5 Å². The summed E-state index contributed by atoms with van der Waals surface area (Å²) in [7, 11) is 0. The first-order chi connectivity index (χ1) is 9.72. The number of fused-ring (bicyclic) bond motifs is 1. The van der Waals surface area contributed by atoms with Crippen molar-refractivity contribution >= 4 is 22.5 Å². The lowest BCUT2D eigenvalue weighted by Gasteiger charge is -2.04. The van der Waals surface area contributed by atoms with Gasteiger partial charge in [0.25, 0.3) is 5.91 Å². The van der Waals surface area contributed by atoms with Gasteiger partial charge in [-0.2, -0.15) is 0 Å². The summed E-state index contributed by atoms with van der Waals surface area (Å²) in [5.74, 6) is -0.733. The normalized spacial score (nSPS) is 10.4. The molecule has 3 aromatic rings. The highest BCUT2D eigenvalue weighted by Crippen LogP contribution is 2.13. The number of benzene rings is 2. The predicted octanol–water partition coefficient (Wildman–Crippen LogP) is 3.02. The molecule has 0 aliphatic carbocycles. The number of hydrogen-bond donors (Lipinski definition) is 1. The van der Waals surface area contributed by atoms with Crippen LogP contribution >= 0.6 is 0 Å². The fraction of sp³-hybridized carbons (Fsp3) is 0. The highest BCUT2D eigenvalue weighted by atomic mass is 19.1. The van der Waals surface area contributed by atoms with Crippen molar-refractivity contribution in [3.05, 3.63) is 66.1 Å². The molecule has 1 N–H and O–H groups in total. The Labute approximate surface area is 114 Å². The zero-order chi connectivity index (χ0) is 13.9. The molecule has 4 nitrogen and oxygen atoms in total. The summed E-state index contributed by atoms with van der Waals surface area (Å²) in [6.07, 6.45) is 0. The first-order valence-corrected chi connectivity index (χ1v) is 6.02. The fourth-order valence-corrected chi connectivity index (χ4v) is 1.82. The highest BCUT2D eigenvalue weighted by molar-refractivity contribution is 6.04. The summed E-state index contributed by atoms with van der Waals surface area (Å²) in [5.41, 5.74) is 1.45. The standard InChI is InChI=1S/C15H10FN3O/c16-11-5-7-12(8-6-11)17-15(20)14-9-10-3-1-2-4-13(10)18-19-14/h1-9H,(H,17,20). The first kappa shape index (κ1) is 12.2. The minimum atomic E-state index is -0.380. The van der Waals surface area contributed by atoms with E-state index in [1.807, 2.05) is 24.3 Å². The van der Waals surface area contributed by atoms with Crippen molar-refractivity contribution in [3.63, 3.8) is 0 Å². The van der Waals surface area contributed by atoms with E-state index in [9.17, 15) is 9.18 Å². The van der Waals surface area contributed by atoms with Crippen molar-refractivity contribution in [2.45, 2.75) is 0 Å². The van der Waals surface area contributed by atoms with Gasteiger partial charge in [-0.05, 0) is 36.4 Å². The molecule has 1 aromatic heterocycles. The summed E-state index contributed by atoms with van der Waals surface area (Å²) in [4.78, 5) is 12.0. The van der Waals surface area contributed by atoms with Gasteiger partial charge in [-0.1, -0.05) is 18.2 Å². The quantitative estimate of drug-likeness (QED) is 0.776. The largest absolute Gasteiger partial charge is 0.321 e. The molecule has 0 atom stereocenters. The maximum Gasteiger partial charge on any atom is 0.276 e. The Kier molecular flexibility index (Phi) is 3.09. The molecule has 0 saturated heterocycles. The van der Waals surface area contributed by atoms with E-state index in [4.69, 9.17) is 0 Å². The van der Waals surface area contributed by atoms with Gasteiger partial charge in [0.15, 0.2) is 5.69 Å². The third kappa shape index (κ3) is 2.47. The molecule has 0 aliphatic heterocycles. The third-order valence-electron chi connectivity index (χ3n) is 2.83. The van der Waals surface area contributed by atoms with Gasteiger partial charge in [-0.3, -0.25) is 4.79 Å². The lowest BCUT2D eigenvalue weighted by atomic mass is 10.2. The Morgan fingerprint density at radius 2 is 1.75 bits per heavy atom. The van der Waals surface area contributed by atoms with Crippen LogP contribution in [0.1, 0.15) is 10.5 Å². The molecule has 3 rings (SSSR count). The molecular formula is C15H10FN3O. The zero-order valence-electron chi connectivity index (χ0n) is 10.4. The van der Waals surface area contributed by atoms with Gasteiger partial charge in [0.05, 0.1) is 5.52 Å². The number of rotatable bonds is 2. The molecule has 2 aromatic carbocycles. The van der Waals surface area contributed by atoms with Crippen LogP contribution in [0.4, 0.5) is 10.1 Å². The highest BCUT2D eigenvalue weighted by Gasteiger charge is 2.09. The molecule has 1 heterocycles. The first-order valence-electron chi connectivity index (χ1n) is 6.02. The molecule has 0 aliphatic rings. The molecular weight excluding hydrogens is 257 g/mol. The molecule has 98 valence electrons. The number of anilines is 1. The predicted molar refractivity (Wildman–Crippen MR) is 73.9 cm³/mol. The molecule has 0 radical (unpaired) electrons. The minimum absolute atomic E-state index is 0.216. The van der Waals surface area contributed by atoms with Gasteiger partial charge in [0.1, 0.15) is 5.82 Å². The second-order valence-electron chi connectivity index (χ2n) is 4.25. The minimum Gasteiger partial charge on any atom is -0.321 e. The molecule has 0 unspecified atom stereocenters. The van der Waals surface area contributed by atoms with Gasteiger partial charge < -0.3 is 5.32 Å². The number of carbonyl (C=O) groups is 1. The van der Waals surface area contributed by atoms with Crippen molar-refractivity contribution < 1.29 is 9.18 Å². The molecule has 0 fully saturated rings. The third-order valence-corrected chi connectivity index (χ3v) is 2.83. The van der Waals surface area contributed by atoms with E-state index in [1.54, 1.807) is 6.07 Å². The Bertz CT molecular complexity index is 771. The van der Waals surface area contributed by atoms with Crippen LogP contribution in [0.15, 0.2) is 54.6 Å². The van der Waals surface area contributed by atoms with Crippen LogP contribution in [0.25, 0.3) is 10.9 Å². The number of nitrogens with zero attached hydrogens (tertiary/aromatic N) is 2. The van der Waals surface area contributed by atoms with Gasteiger partial charge in [0.2, 0.25) is 0 Å². The average Bonchev–Trinajstić information content (AvgIpc) is 2.49. The number of carbonyl (C=O) groups excluding carboxylic acids is 1. The summed E-state index contributed by atoms with van der Waals surface area (Å²) in [5, 5.41) is 11.4. The molecule has 0 saturated carbocycles. The summed E-state index contributed by atoms with van der Waals surface area (Å²) < 4.78 is 12.8. The maximum atomic E-state index is 12.8. The average molecular weight is 267 g/mol. The van der Waals surface area contributed by atoms with Crippen LogP contribution in [0.5, 0.6) is 0 Å². The molecule has 1 amide bonds. The van der Waals surface area contributed by atoms with Crippen molar-refractivity contribution in [2.24, 2.45) is 0 Å². The van der Waals surface area contributed by atoms with E-state index >= 15 is 0 Å². The number of amides is 1. The number of aromatic nitrogens is 2. The number of halogens is 1. The van der Waals surface area contributed by atoms with Gasteiger partial charge in [-0.25, -0.2) is 4.39 Å². The molecule has 5 heteroatoms. The second-order valence-corrected chi connectivity index (χ2v) is 4.25. The molecule has 0 bridgehead atoms. The van der Waals surface area contributed by atoms with E-state index in [1.165, 1.54) is 24.3 Å². The van der Waals surface area contributed by atoms with Crippen LogP contribution in [-0.2, 0) is 0 Å². The topological polar surface area (TPSA) is 54.9 Å². The number of nitrogens with one attached hydrogen (secondary N) is 1. The Morgan fingerprint density at radius 1 is 1.00 bits per heavy atom.